The van der Waals surface area contributed by atoms with E-state index in [0.717, 1.165) is 38.8 Å². The molecule has 3 rings (SSSR count). The second-order valence-corrected chi connectivity index (χ2v) is 4.72. The molecule has 1 N–H and O–H groups in total. The minimum absolute atomic E-state index is 0.725. The van der Waals surface area contributed by atoms with Gasteiger partial charge in [-0.05, 0) is 37.6 Å². The summed E-state index contributed by atoms with van der Waals surface area (Å²) < 4.78 is 0. The summed E-state index contributed by atoms with van der Waals surface area (Å²) in [5.74, 6) is 0.761. The molecule has 3 aromatic rings. The van der Waals surface area contributed by atoms with Crippen LogP contribution in [0.4, 0.5) is 0 Å². The van der Waals surface area contributed by atoms with E-state index in [1.165, 1.54) is 0 Å². The lowest BCUT2D eigenvalue weighted by molar-refractivity contribution is 1.22. The van der Waals surface area contributed by atoms with Gasteiger partial charge in [0, 0.05) is 11.3 Å². The van der Waals surface area contributed by atoms with Crippen LogP contribution in [-0.2, 0) is 0 Å². The van der Waals surface area contributed by atoms with Crippen molar-refractivity contribution in [2.45, 2.75) is 13.8 Å². The normalized spacial score (nSPS) is 11.1. The molecule has 0 amide bonds. The number of imidazole rings is 1. The molecule has 0 spiro atoms. The number of aromatic amines is 1. The molecule has 0 fully saturated rings. The standard InChI is InChI=1S/C14H12ClN3/c1-8-4-3-5-10(12(8)15)13-17-11-7-6-9(2)16-14(11)18-13/h3-7H,1-2H3,(H,16,17,18). The van der Waals surface area contributed by atoms with Gasteiger partial charge in [0.25, 0.3) is 0 Å². The molecule has 18 heavy (non-hydrogen) atoms. The summed E-state index contributed by atoms with van der Waals surface area (Å²) in [6.45, 7) is 3.93. The molecule has 2 heterocycles. The van der Waals surface area contributed by atoms with E-state index in [1.807, 2.05) is 44.2 Å². The van der Waals surface area contributed by atoms with Gasteiger partial charge < -0.3 is 4.98 Å². The number of aromatic nitrogens is 3. The van der Waals surface area contributed by atoms with Crippen LogP contribution in [0.5, 0.6) is 0 Å². The van der Waals surface area contributed by atoms with E-state index in [1.54, 1.807) is 0 Å². The van der Waals surface area contributed by atoms with Crippen molar-refractivity contribution in [3.63, 3.8) is 0 Å². The fourth-order valence-electron chi connectivity index (χ4n) is 1.95. The van der Waals surface area contributed by atoms with Crippen LogP contribution in [-0.4, -0.2) is 15.0 Å². The molecule has 0 aliphatic heterocycles. The molecule has 0 aliphatic carbocycles. The SMILES string of the molecule is Cc1ccc2[nH]c(-c3cccc(C)c3Cl)nc2n1. The number of halogens is 1. The Labute approximate surface area is 110 Å². The molecule has 0 radical (unpaired) electrons. The Morgan fingerprint density at radius 1 is 1.06 bits per heavy atom. The number of benzene rings is 1. The number of H-pyrrole nitrogens is 1. The van der Waals surface area contributed by atoms with Crippen LogP contribution in [0, 0.1) is 13.8 Å². The van der Waals surface area contributed by atoms with Crippen LogP contribution < -0.4 is 0 Å². The fraction of sp³-hybridized carbons (Fsp3) is 0.143. The third-order valence-corrected chi connectivity index (χ3v) is 3.43. The number of nitrogens with one attached hydrogen (secondary N) is 1. The molecule has 0 atom stereocenters. The highest BCUT2D eigenvalue weighted by Crippen LogP contribution is 2.29. The highest BCUT2D eigenvalue weighted by atomic mass is 35.5. The van der Waals surface area contributed by atoms with Crippen molar-refractivity contribution in [2.75, 3.05) is 0 Å². The molecular weight excluding hydrogens is 246 g/mol. The molecule has 3 nitrogen and oxygen atoms in total. The predicted octanol–water partition coefficient (Wildman–Crippen LogP) is 3.90. The molecule has 2 aromatic heterocycles. The van der Waals surface area contributed by atoms with E-state index >= 15 is 0 Å². The number of hydrogen-bond donors (Lipinski definition) is 1. The smallest absolute Gasteiger partial charge is 0.178 e. The minimum atomic E-state index is 0.725. The maximum atomic E-state index is 6.31. The minimum Gasteiger partial charge on any atom is -0.337 e. The Balaban J connectivity index is 2.22. The van der Waals surface area contributed by atoms with Crippen LogP contribution >= 0.6 is 11.6 Å². The Hall–Kier alpha value is -1.87. The van der Waals surface area contributed by atoms with Gasteiger partial charge in [-0.25, -0.2) is 9.97 Å². The topological polar surface area (TPSA) is 41.6 Å². The predicted molar refractivity (Wildman–Crippen MR) is 73.8 cm³/mol. The van der Waals surface area contributed by atoms with Gasteiger partial charge in [0.2, 0.25) is 0 Å². The zero-order valence-electron chi connectivity index (χ0n) is 10.2. The molecule has 90 valence electrons. The van der Waals surface area contributed by atoms with Gasteiger partial charge in [-0.2, -0.15) is 0 Å². The van der Waals surface area contributed by atoms with Crippen molar-refractivity contribution in [1.82, 2.24) is 15.0 Å². The quantitative estimate of drug-likeness (QED) is 0.718. The number of hydrogen-bond acceptors (Lipinski definition) is 2. The first kappa shape index (κ1) is 11.2. The van der Waals surface area contributed by atoms with Crippen molar-refractivity contribution in [3.05, 3.63) is 46.6 Å². The highest BCUT2D eigenvalue weighted by Gasteiger charge is 2.10. The summed E-state index contributed by atoms with van der Waals surface area (Å²) >= 11 is 6.31. The van der Waals surface area contributed by atoms with Crippen LogP contribution in [0.2, 0.25) is 5.02 Å². The largest absolute Gasteiger partial charge is 0.337 e. The van der Waals surface area contributed by atoms with Gasteiger partial charge in [-0.3, -0.25) is 0 Å². The van der Waals surface area contributed by atoms with E-state index in [4.69, 9.17) is 11.6 Å². The second-order valence-electron chi connectivity index (χ2n) is 4.35. The first-order valence-electron chi connectivity index (χ1n) is 5.74. The number of aryl methyl sites for hydroxylation is 2. The first-order chi connectivity index (χ1) is 8.65. The Morgan fingerprint density at radius 2 is 1.89 bits per heavy atom. The Kier molecular flexibility index (Phi) is 2.56. The first-order valence-corrected chi connectivity index (χ1v) is 6.12. The summed E-state index contributed by atoms with van der Waals surface area (Å²) in [4.78, 5) is 12.1. The zero-order valence-corrected chi connectivity index (χ0v) is 10.9. The van der Waals surface area contributed by atoms with Crippen molar-refractivity contribution in [2.24, 2.45) is 0 Å². The second kappa shape index (κ2) is 4.10. The lowest BCUT2D eigenvalue weighted by atomic mass is 10.1. The molecule has 0 unspecified atom stereocenters. The molecule has 0 bridgehead atoms. The molecule has 1 aromatic carbocycles. The van der Waals surface area contributed by atoms with Crippen molar-refractivity contribution >= 4 is 22.8 Å². The Morgan fingerprint density at radius 3 is 2.72 bits per heavy atom. The maximum absolute atomic E-state index is 6.31. The fourth-order valence-corrected chi connectivity index (χ4v) is 2.16. The van der Waals surface area contributed by atoms with Gasteiger partial charge in [-0.15, -0.1) is 0 Å². The summed E-state index contributed by atoms with van der Waals surface area (Å²) in [5.41, 5.74) is 4.55. The van der Waals surface area contributed by atoms with Gasteiger partial charge in [0.1, 0.15) is 5.82 Å². The van der Waals surface area contributed by atoms with Crippen molar-refractivity contribution in [3.8, 4) is 11.4 Å². The lowest BCUT2D eigenvalue weighted by Gasteiger charge is -2.02. The third-order valence-electron chi connectivity index (χ3n) is 2.93. The number of pyridine rings is 1. The number of fused-ring (bicyclic) bond motifs is 1. The van der Waals surface area contributed by atoms with Crippen LogP contribution in [0.3, 0.4) is 0 Å². The van der Waals surface area contributed by atoms with Crippen LogP contribution in [0.25, 0.3) is 22.6 Å². The van der Waals surface area contributed by atoms with E-state index in [0.29, 0.717) is 0 Å². The van der Waals surface area contributed by atoms with E-state index in [2.05, 4.69) is 15.0 Å². The number of nitrogens with zero attached hydrogens (tertiary/aromatic N) is 2. The van der Waals surface area contributed by atoms with E-state index < -0.39 is 0 Å². The monoisotopic (exact) mass is 257 g/mol. The summed E-state index contributed by atoms with van der Waals surface area (Å²) in [6.07, 6.45) is 0. The van der Waals surface area contributed by atoms with Crippen LogP contribution in [0.1, 0.15) is 11.3 Å². The lowest BCUT2D eigenvalue weighted by Crippen LogP contribution is -1.84. The van der Waals surface area contributed by atoms with Crippen molar-refractivity contribution < 1.29 is 0 Å². The van der Waals surface area contributed by atoms with E-state index in [-0.39, 0.29) is 0 Å². The summed E-state index contributed by atoms with van der Waals surface area (Å²) in [6, 6.07) is 9.86. The maximum Gasteiger partial charge on any atom is 0.178 e. The molecule has 0 saturated carbocycles. The van der Waals surface area contributed by atoms with Gasteiger partial charge in [0.05, 0.1) is 10.5 Å². The van der Waals surface area contributed by atoms with Crippen LogP contribution in [0.15, 0.2) is 30.3 Å². The molecule has 0 saturated heterocycles. The summed E-state index contributed by atoms with van der Waals surface area (Å²) in [7, 11) is 0. The zero-order chi connectivity index (χ0) is 12.7. The average Bonchev–Trinajstić information content (AvgIpc) is 2.75. The number of rotatable bonds is 1. The summed E-state index contributed by atoms with van der Waals surface area (Å²) in [5, 5.41) is 0.730. The van der Waals surface area contributed by atoms with Crippen molar-refractivity contribution in [1.29, 1.82) is 0 Å². The average molecular weight is 258 g/mol. The van der Waals surface area contributed by atoms with Gasteiger partial charge >= 0.3 is 0 Å². The van der Waals surface area contributed by atoms with Gasteiger partial charge in [-0.1, -0.05) is 23.7 Å². The molecular formula is C14H12ClN3. The Bertz CT molecular complexity index is 731. The third kappa shape index (κ3) is 1.77. The van der Waals surface area contributed by atoms with Gasteiger partial charge in [0.15, 0.2) is 5.65 Å². The molecule has 4 heteroatoms. The molecule has 0 aliphatic rings. The van der Waals surface area contributed by atoms with E-state index in [9.17, 15) is 0 Å². The highest BCUT2D eigenvalue weighted by molar-refractivity contribution is 6.34.